The lowest BCUT2D eigenvalue weighted by atomic mass is 10.4. The summed E-state index contributed by atoms with van der Waals surface area (Å²) in [5.74, 6) is 2.00. The van der Waals surface area contributed by atoms with Gasteiger partial charge in [0.1, 0.15) is 11.5 Å². The Balaban J connectivity index is 2.60. The van der Waals surface area contributed by atoms with E-state index >= 15 is 0 Å². The number of aryl methyl sites for hydroxylation is 1. The molecule has 58 valence electrons. The molecule has 2 rings (SSSR count). The predicted octanol–water partition coefficient (Wildman–Crippen LogP) is 0.162. The standard InChI is InChI=1S/C6H9N5/c1-3-10-5(7)4-6(11-3)9-2-8-4/h8H,2H2,1H3,(H3,7,9,10,11). The van der Waals surface area contributed by atoms with Gasteiger partial charge in [0.25, 0.3) is 0 Å². The van der Waals surface area contributed by atoms with E-state index in [1.54, 1.807) is 0 Å². The van der Waals surface area contributed by atoms with E-state index in [9.17, 15) is 0 Å². The maximum absolute atomic E-state index is 5.62. The lowest BCUT2D eigenvalue weighted by Crippen LogP contribution is -2.00. The fraction of sp³-hybridized carbons (Fsp3) is 0.333. The molecule has 2 heterocycles. The van der Waals surface area contributed by atoms with Crippen LogP contribution in [0.25, 0.3) is 0 Å². The highest BCUT2D eigenvalue weighted by Gasteiger charge is 2.14. The Morgan fingerprint density at radius 3 is 3.00 bits per heavy atom. The second-order valence-corrected chi connectivity index (χ2v) is 2.41. The molecule has 0 bridgehead atoms. The van der Waals surface area contributed by atoms with Gasteiger partial charge in [-0.3, -0.25) is 0 Å². The average Bonchev–Trinajstić information content (AvgIpc) is 2.34. The molecule has 0 radical (unpaired) electrons. The van der Waals surface area contributed by atoms with Crippen LogP contribution >= 0.6 is 0 Å². The van der Waals surface area contributed by atoms with Crippen LogP contribution < -0.4 is 16.4 Å². The Labute approximate surface area is 64.0 Å². The second-order valence-electron chi connectivity index (χ2n) is 2.41. The molecule has 1 aliphatic heterocycles. The number of hydrogen-bond acceptors (Lipinski definition) is 5. The lowest BCUT2D eigenvalue weighted by Gasteiger charge is -2.01. The number of nitrogens with two attached hydrogens (primary N) is 1. The van der Waals surface area contributed by atoms with Crippen LogP contribution in [0.4, 0.5) is 17.3 Å². The van der Waals surface area contributed by atoms with Crippen LogP contribution in [0.2, 0.25) is 0 Å². The van der Waals surface area contributed by atoms with E-state index in [0.29, 0.717) is 18.3 Å². The minimum atomic E-state index is 0.512. The lowest BCUT2D eigenvalue weighted by molar-refractivity contribution is 1.07. The topological polar surface area (TPSA) is 75.9 Å². The van der Waals surface area contributed by atoms with E-state index in [1.807, 2.05) is 6.92 Å². The molecule has 0 atom stereocenters. The number of nitrogens with one attached hydrogen (secondary N) is 2. The fourth-order valence-electron chi connectivity index (χ4n) is 1.11. The molecule has 0 unspecified atom stereocenters. The van der Waals surface area contributed by atoms with Gasteiger partial charge in [0.05, 0.1) is 6.67 Å². The van der Waals surface area contributed by atoms with Gasteiger partial charge in [0, 0.05) is 0 Å². The van der Waals surface area contributed by atoms with E-state index in [2.05, 4.69) is 20.6 Å². The molecule has 1 aromatic rings. The number of nitrogen functional groups attached to an aromatic ring is 1. The highest BCUT2D eigenvalue weighted by molar-refractivity contribution is 5.78. The first-order valence-corrected chi connectivity index (χ1v) is 3.39. The SMILES string of the molecule is Cc1nc(N)c2c(n1)NCN2. The smallest absolute Gasteiger partial charge is 0.156 e. The van der Waals surface area contributed by atoms with Crippen molar-refractivity contribution in [2.45, 2.75) is 6.92 Å². The van der Waals surface area contributed by atoms with Crippen molar-refractivity contribution in [1.82, 2.24) is 9.97 Å². The molecule has 0 spiro atoms. The Hall–Kier alpha value is -1.52. The molecule has 4 N–H and O–H groups in total. The first kappa shape index (κ1) is 6.21. The van der Waals surface area contributed by atoms with Crippen LogP contribution in [0.15, 0.2) is 0 Å². The van der Waals surface area contributed by atoms with Gasteiger partial charge in [-0.25, -0.2) is 9.97 Å². The summed E-state index contributed by atoms with van der Waals surface area (Å²) >= 11 is 0. The number of fused-ring (bicyclic) bond motifs is 1. The summed E-state index contributed by atoms with van der Waals surface area (Å²) in [6.45, 7) is 2.49. The molecule has 0 aliphatic carbocycles. The summed E-state index contributed by atoms with van der Waals surface area (Å²) in [7, 11) is 0. The van der Waals surface area contributed by atoms with Crippen molar-refractivity contribution in [2.75, 3.05) is 23.0 Å². The zero-order valence-corrected chi connectivity index (χ0v) is 6.18. The minimum Gasteiger partial charge on any atom is -0.382 e. The van der Waals surface area contributed by atoms with Crippen molar-refractivity contribution in [1.29, 1.82) is 0 Å². The molecule has 5 heteroatoms. The fourth-order valence-corrected chi connectivity index (χ4v) is 1.11. The number of anilines is 3. The average molecular weight is 151 g/mol. The third-order valence-electron chi connectivity index (χ3n) is 1.57. The molecule has 11 heavy (non-hydrogen) atoms. The summed E-state index contributed by atoms with van der Waals surface area (Å²) in [6.07, 6.45) is 0. The highest BCUT2D eigenvalue weighted by atomic mass is 15.2. The minimum absolute atomic E-state index is 0.512. The molecule has 0 saturated carbocycles. The van der Waals surface area contributed by atoms with Crippen molar-refractivity contribution >= 4 is 17.3 Å². The summed E-state index contributed by atoms with van der Waals surface area (Å²) in [4.78, 5) is 8.16. The van der Waals surface area contributed by atoms with Gasteiger partial charge >= 0.3 is 0 Å². The molecule has 0 amide bonds. The van der Waals surface area contributed by atoms with E-state index in [4.69, 9.17) is 5.73 Å². The number of aromatic nitrogens is 2. The molecular weight excluding hydrogens is 142 g/mol. The van der Waals surface area contributed by atoms with Crippen molar-refractivity contribution < 1.29 is 0 Å². The van der Waals surface area contributed by atoms with Gasteiger partial charge < -0.3 is 16.4 Å². The van der Waals surface area contributed by atoms with E-state index < -0.39 is 0 Å². The summed E-state index contributed by atoms with van der Waals surface area (Å²) in [5.41, 5.74) is 6.43. The largest absolute Gasteiger partial charge is 0.382 e. The highest BCUT2D eigenvalue weighted by Crippen LogP contribution is 2.27. The Kier molecular flexibility index (Phi) is 1.12. The van der Waals surface area contributed by atoms with Crippen LogP contribution in [0.3, 0.4) is 0 Å². The normalized spacial score (nSPS) is 13.5. The maximum atomic E-state index is 5.62. The van der Waals surface area contributed by atoms with E-state index in [1.165, 1.54) is 0 Å². The molecule has 0 saturated heterocycles. The third-order valence-corrected chi connectivity index (χ3v) is 1.57. The van der Waals surface area contributed by atoms with Crippen molar-refractivity contribution in [3.8, 4) is 0 Å². The van der Waals surface area contributed by atoms with Crippen molar-refractivity contribution in [3.63, 3.8) is 0 Å². The second kappa shape index (κ2) is 1.98. The molecule has 1 aromatic heterocycles. The van der Waals surface area contributed by atoms with Gasteiger partial charge in [-0.1, -0.05) is 0 Å². The first-order chi connectivity index (χ1) is 5.27. The zero-order valence-electron chi connectivity index (χ0n) is 6.18. The number of rotatable bonds is 0. The molecular formula is C6H9N5. The van der Waals surface area contributed by atoms with Gasteiger partial charge in [-0.05, 0) is 6.92 Å². The van der Waals surface area contributed by atoms with Crippen LogP contribution in [0.1, 0.15) is 5.82 Å². The van der Waals surface area contributed by atoms with Crippen LogP contribution in [-0.2, 0) is 0 Å². The van der Waals surface area contributed by atoms with Gasteiger partial charge in [-0.15, -0.1) is 0 Å². The Morgan fingerprint density at radius 1 is 1.36 bits per heavy atom. The quantitative estimate of drug-likeness (QED) is 0.492. The Morgan fingerprint density at radius 2 is 2.18 bits per heavy atom. The maximum Gasteiger partial charge on any atom is 0.156 e. The summed E-state index contributed by atoms with van der Waals surface area (Å²) < 4.78 is 0. The molecule has 0 aromatic carbocycles. The zero-order chi connectivity index (χ0) is 7.84. The van der Waals surface area contributed by atoms with Gasteiger partial charge in [-0.2, -0.15) is 0 Å². The van der Waals surface area contributed by atoms with E-state index in [-0.39, 0.29) is 0 Å². The summed E-state index contributed by atoms with van der Waals surface area (Å²) in [6, 6.07) is 0. The van der Waals surface area contributed by atoms with Crippen molar-refractivity contribution in [3.05, 3.63) is 5.82 Å². The Bertz CT molecular complexity index is 295. The van der Waals surface area contributed by atoms with Crippen LogP contribution in [-0.4, -0.2) is 16.6 Å². The first-order valence-electron chi connectivity index (χ1n) is 3.39. The van der Waals surface area contributed by atoms with E-state index in [0.717, 1.165) is 11.5 Å². The number of hydrogen-bond donors (Lipinski definition) is 3. The van der Waals surface area contributed by atoms with Gasteiger partial charge in [0.15, 0.2) is 11.6 Å². The third kappa shape index (κ3) is 0.849. The van der Waals surface area contributed by atoms with Gasteiger partial charge in [0.2, 0.25) is 0 Å². The van der Waals surface area contributed by atoms with Crippen LogP contribution in [0.5, 0.6) is 0 Å². The summed E-state index contributed by atoms with van der Waals surface area (Å²) in [5, 5.41) is 6.07. The molecule has 0 fully saturated rings. The molecule has 5 nitrogen and oxygen atoms in total. The predicted molar refractivity (Wildman–Crippen MR) is 43.3 cm³/mol. The van der Waals surface area contributed by atoms with Crippen LogP contribution in [0, 0.1) is 6.92 Å². The molecule has 1 aliphatic rings. The van der Waals surface area contributed by atoms with Crippen molar-refractivity contribution in [2.24, 2.45) is 0 Å². The number of nitrogens with zero attached hydrogens (tertiary/aromatic N) is 2. The monoisotopic (exact) mass is 151 g/mol.